The van der Waals surface area contributed by atoms with Crippen LogP contribution in [0.1, 0.15) is 31.1 Å². The summed E-state index contributed by atoms with van der Waals surface area (Å²) in [5.74, 6) is -0.853. The van der Waals surface area contributed by atoms with Crippen molar-refractivity contribution in [3.63, 3.8) is 0 Å². The lowest BCUT2D eigenvalue weighted by molar-refractivity contribution is -0.237. The molecule has 1 unspecified atom stereocenters. The molecule has 2 fully saturated rings. The molecular weight excluding hydrogens is 329 g/mol. The maximum absolute atomic E-state index is 12.6. The molecule has 0 aromatic heterocycles. The lowest BCUT2D eigenvalue weighted by atomic mass is 9.98. The molecule has 8 heteroatoms. The summed E-state index contributed by atoms with van der Waals surface area (Å²) in [5, 5.41) is 10.5. The maximum Gasteiger partial charge on any atom is 0.416 e. The highest BCUT2D eigenvalue weighted by molar-refractivity contribution is 5.27. The van der Waals surface area contributed by atoms with E-state index < -0.39 is 48.2 Å². The van der Waals surface area contributed by atoms with Gasteiger partial charge in [-0.1, -0.05) is 12.1 Å². The van der Waals surface area contributed by atoms with Crippen LogP contribution in [-0.4, -0.2) is 42.6 Å². The molecule has 0 aliphatic carbocycles. The summed E-state index contributed by atoms with van der Waals surface area (Å²) in [6.45, 7) is 3.47. The van der Waals surface area contributed by atoms with Gasteiger partial charge in [-0.3, -0.25) is 0 Å². The van der Waals surface area contributed by atoms with Crippen molar-refractivity contribution in [3.8, 4) is 0 Å². The van der Waals surface area contributed by atoms with E-state index in [0.717, 1.165) is 12.1 Å². The van der Waals surface area contributed by atoms with Crippen molar-refractivity contribution in [2.24, 2.45) is 0 Å². The topological polar surface area (TPSA) is 57.2 Å². The molecule has 1 aromatic carbocycles. The van der Waals surface area contributed by atoms with Gasteiger partial charge in [0.2, 0.25) is 0 Å². The van der Waals surface area contributed by atoms with Gasteiger partial charge in [-0.25, -0.2) is 0 Å². The number of hydrogen-bond donors (Lipinski definition) is 1. The molecule has 0 saturated carbocycles. The van der Waals surface area contributed by atoms with E-state index in [9.17, 15) is 18.3 Å². The van der Waals surface area contributed by atoms with Crippen molar-refractivity contribution in [1.82, 2.24) is 0 Å². The Morgan fingerprint density at radius 3 is 2.25 bits per heavy atom. The fraction of sp³-hybridized carbons (Fsp3) is 0.625. The average Bonchev–Trinajstić information content (AvgIpc) is 2.98. The zero-order valence-electron chi connectivity index (χ0n) is 13.4. The minimum Gasteiger partial charge on any atom is -0.386 e. The second-order valence-electron chi connectivity index (χ2n) is 6.33. The van der Waals surface area contributed by atoms with Crippen LogP contribution in [0.2, 0.25) is 0 Å². The number of alkyl halides is 3. The Bertz CT molecular complexity index is 586. The van der Waals surface area contributed by atoms with Crippen molar-refractivity contribution in [1.29, 1.82) is 0 Å². The molecular formula is C16H19F3O5. The molecule has 0 radical (unpaired) electrons. The summed E-state index contributed by atoms with van der Waals surface area (Å²) in [6.07, 6.45) is -8.21. The van der Waals surface area contributed by atoms with Crippen LogP contribution < -0.4 is 0 Å². The highest BCUT2D eigenvalue weighted by atomic mass is 19.4. The molecule has 3 rings (SSSR count). The number of aliphatic hydroxyl groups excluding tert-OH is 1. The van der Waals surface area contributed by atoms with Crippen LogP contribution in [0.5, 0.6) is 0 Å². The number of aliphatic hydroxyl groups is 1. The second kappa shape index (κ2) is 5.96. The largest absolute Gasteiger partial charge is 0.416 e. The number of rotatable bonds is 3. The second-order valence-corrected chi connectivity index (χ2v) is 6.33. The number of fused-ring (bicyclic) bond motifs is 1. The minimum absolute atomic E-state index is 0.303. The predicted molar refractivity (Wildman–Crippen MR) is 75.9 cm³/mol. The first-order valence-electron chi connectivity index (χ1n) is 7.51. The van der Waals surface area contributed by atoms with Gasteiger partial charge in [-0.15, -0.1) is 0 Å². The smallest absolute Gasteiger partial charge is 0.386 e. The Hall–Kier alpha value is -1.19. The van der Waals surface area contributed by atoms with Crippen molar-refractivity contribution in [2.75, 3.05) is 7.11 Å². The Balaban J connectivity index is 1.80. The summed E-state index contributed by atoms with van der Waals surface area (Å²) in [4.78, 5) is 0. The number of halogens is 3. The molecule has 5 atom stereocenters. The van der Waals surface area contributed by atoms with Crippen molar-refractivity contribution < 1.29 is 37.2 Å². The fourth-order valence-electron chi connectivity index (χ4n) is 3.09. The van der Waals surface area contributed by atoms with E-state index in [2.05, 4.69) is 0 Å². The third-order valence-corrected chi connectivity index (χ3v) is 4.17. The highest BCUT2D eigenvalue weighted by Crippen LogP contribution is 2.43. The molecule has 2 aliphatic heterocycles. The minimum atomic E-state index is -4.42. The zero-order chi connectivity index (χ0) is 17.7. The SMILES string of the molecule is CO[C@@H]1O[C@H](C(O)c2ccc(C(F)(F)F)cc2)[C@H]2OC(C)(C)O[C@@H]12. The molecule has 134 valence electrons. The molecule has 0 spiro atoms. The molecule has 2 heterocycles. The molecule has 1 aromatic rings. The van der Waals surface area contributed by atoms with Gasteiger partial charge in [0.15, 0.2) is 12.1 Å². The van der Waals surface area contributed by atoms with Gasteiger partial charge in [0.1, 0.15) is 24.4 Å². The van der Waals surface area contributed by atoms with Gasteiger partial charge in [-0.05, 0) is 31.5 Å². The first-order valence-corrected chi connectivity index (χ1v) is 7.51. The highest BCUT2D eigenvalue weighted by Gasteiger charge is 2.57. The summed E-state index contributed by atoms with van der Waals surface area (Å²) < 4.78 is 60.3. The van der Waals surface area contributed by atoms with Crippen molar-refractivity contribution in [3.05, 3.63) is 35.4 Å². The van der Waals surface area contributed by atoms with Gasteiger partial charge in [-0.2, -0.15) is 13.2 Å². The summed E-state index contributed by atoms with van der Waals surface area (Å²) in [6, 6.07) is 4.31. The number of ether oxygens (including phenoxy) is 4. The lowest BCUT2D eigenvalue weighted by Gasteiger charge is -2.26. The maximum atomic E-state index is 12.6. The van der Waals surface area contributed by atoms with Crippen LogP contribution in [-0.2, 0) is 25.1 Å². The quantitative estimate of drug-likeness (QED) is 0.910. The zero-order valence-corrected chi connectivity index (χ0v) is 13.4. The van der Waals surface area contributed by atoms with E-state index in [1.54, 1.807) is 13.8 Å². The van der Waals surface area contributed by atoms with Gasteiger partial charge in [0.25, 0.3) is 0 Å². The first kappa shape index (κ1) is 17.6. The number of hydrogen-bond acceptors (Lipinski definition) is 5. The van der Waals surface area contributed by atoms with Gasteiger partial charge < -0.3 is 24.1 Å². The number of benzene rings is 1. The Labute approximate surface area is 137 Å². The van der Waals surface area contributed by atoms with Crippen LogP contribution in [0.25, 0.3) is 0 Å². The Morgan fingerprint density at radius 2 is 1.71 bits per heavy atom. The van der Waals surface area contributed by atoms with Crippen molar-refractivity contribution in [2.45, 2.75) is 56.5 Å². The summed E-state index contributed by atoms with van der Waals surface area (Å²) in [5.41, 5.74) is -0.475. The van der Waals surface area contributed by atoms with Crippen LogP contribution in [0.3, 0.4) is 0 Å². The van der Waals surface area contributed by atoms with Gasteiger partial charge >= 0.3 is 6.18 Å². The van der Waals surface area contributed by atoms with Gasteiger partial charge in [0, 0.05) is 7.11 Å². The van der Waals surface area contributed by atoms with E-state index in [1.807, 2.05) is 0 Å². The molecule has 24 heavy (non-hydrogen) atoms. The van der Waals surface area contributed by atoms with E-state index >= 15 is 0 Å². The molecule has 0 amide bonds. The van der Waals surface area contributed by atoms with Crippen LogP contribution >= 0.6 is 0 Å². The fourth-order valence-corrected chi connectivity index (χ4v) is 3.09. The molecule has 2 saturated heterocycles. The van der Waals surface area contributed by atoms with E-state index in [0.29, 0.717) is 5.56 Å². The normalized spacial score (nSPS) is 33.5. The molecule has 2 aliphatic rings. The Kier molecular flexibility index (Phi) is 4.38. The lowest BCUT2D eigenvalue weighted by Crippen LogP contribution is -2.34. The molecule has 1 N–H and O–H groups in total. The van der Waals surface area contributed by atoms with Crippen molar-refractivity contribution >= 4 is 0 Å². The predicted octanol–water partition coefficient (Wildman–Crippen LogP) is 2.63. The van der Waals surface area contributed by atoms with E-state index in [1.165, 1.54) is 19.2 Å². The standard InChI is InChI=1S/C16H19F3O5/c1-15(2)23-12-11(22-14(21-3)13(12)24-15)10(20)8-4-6-9(7-5-8)16(17,18)19/h4-7,10-14,20H,1-3H3/t10?,11-,12-,13-,14-/m1/s1. The monoisotopic (exact) mass is 348 g/mol. The average molecular weight is 348 g/mol. The molecule has 0 bridgehead atoms. The Morgan fingerprint density at radius 1 is 1.12 bits per heavy atom. The van der Waals surface area contributed by atoms with E-state index in [4.69, 9.17) is 18.9 Å². The molecule has 5 nitrogen and oxygen atoms in total. The van der Waals surface area contributed by atoms with E-state index in [-0.39, 0.29) is 0 Å². The summed E-state index contributed by atoms with van der Waals surface area (Å²) >= 11 is 0. The van der Waals surface area contributed by atoms with Crippen LogP contribution in [0.15, 0.2) is 24.3 Å². The third kappa shape index (κ3) is 3.16. The number of methoxy groups -OCH3 is 1. The first-order chi connectivity index (χ1) is 11.1. The van der Waals surface area contributed by atoms with Gasteiger partial charge in [0.05, 0.1) is 5.56 Å². The summed E-state index contributed by atoms with van der Waals surface area (Å²) in [7, 11) is 1.45. The third-order valence-electron chi connectivity index (χ3n) is 4.17. The van der Waals surface area contributed by atoms with Crippen LogP contribution in [0.4, 0.5) is 13.2 Å². The van der Waals surface area contributed by atoms with Crippen LogP contribution in [0, 0.1) is 0 Å².